The van der Waals surface area contributed by atoms with Gasteiger partial charge in [-0.1, -0.05) is 26.0 Å². The van der Waals surface area contributed by atoms with Gasteiger partial charge in [0.2, 0.25) is 0 Å². The minimum absolute atomic E-state index is 0.0344. The molecule has 0 radical (unpaired) electrons. The number of carbonyl (C=O) groups excluding carboxylic acids is 1. The highest BCUT2D eigenvalue weighted by Gasteiger charge is 2.27. The molecule has 2 rings (SSSR count). The molecule has 1 aromatic carbocycles. The fourth-order valence-corrected chi connectivity index (χ4v) is 2.92. The summed E-state index contributed by atoms with van der Waals surface area (Å²) in [5, 5.41) is 3.14. The molecule has 2 nitrogen and oxygen atoms in total. The average molecular weight is 310 g/mol. The van der Waals surface area contributed by atoms with Crippen LogP contribution in [0.4, 0.5) is 0 Å². The molecular formula is C15H20BrNO. The van der Waals surface area contributed by atoms with Crippen LogP contribution in [0.1, 0.15) is 49.9 Å². The zero-order valence-electron chi connectivity index (χ0n) is 11.0. The maximum Gasteiger partial charge on any atom is 0.252 e. The van der Waals surface area contributed by atoms with Crippen LogP contribution < -0.4 is 5.32 Å². The molecule has 0 bridgehead atoms. The number of nitrogens with one attached hydrogen (secondary N) is 1. The monoisotopic (exact) mass is 309 g/mol. The van der Waals surface area contributed by atoms with E-state index in [1.54, 1.807) is 0 Å². The molecule has 1 aliphatic carbocycles. The maximum absolute atomic E-state index is 12.2. The molecule has 0 aliphatic heterocycles. The molecule has 1 amide bonds. The van der Waals surface area contributed by atoms with Crippen molar-refractivity contribution in [2.24, 2.45) is 5.41 Å². The van der Waals surface area contributed by atoms with Crippen molar-refractivity contribution in [1.29, 1.82) is 0 Å². The number of carbonyl (C=O) groups is 1. The molecule has 1 saturated carbocycles. The minimum atomic E-state index is 0.0344. The molecule has 0 spiro atoms. The van der Waals surface area contributed by atoms with Gasteiger partial charge in [0.25, 0.3) is 5.91 Å². The van der Waals surface area contributed by atoms with Crippen molar-refractivity contribution in [3.05, 3.63) is 34.3 Å². The second kappa shape index (κ2) is 5.43. The molecule has 1 N–H and O–H groups in total. The van der Waals surface area contributed by atoms with E-state index in [1.807, 2.05) is 24.3 Å². The fraction of sp³-hybridized carbons (Fsp3) is 0.533. The van der Waals surface area contributed by atoms with E-state index in [0.29, 0.717) is 11.5 Å². The standard InChI is InChI=1S/C15H20BrNO/c1-15(2)9-7-11(8-10-15)17-14(18)12-5-3-4-6-13(12)16/h3-6,11H,7-10H2,1-2H3,(H,17,18). The lowest BCUT2D eigenvalue weighted by Gasteiger charge is -2.34. The molecule has 0 aromatic heterocycles. The number of benzene rings is 1. The molecule has 18 heavy (non-hydrogen) atoms. The van der Waals surface area contributed by atoms with Gasteiger partial charge in [-0.3, -0.25) is 4.79 Å². The van der Waals surface area contributed by atoms with Gasteiger partial charge in [-0.05, 0) is 59.2 Å². The summed E-state index contributed by atoms with van der Waals surface area (Å²) in [6.07, 6.45) is 4.55. The molecule has 1 aliphatic rings. The largest absolute Gasteiger partial charge is 0.349 e. The summed E-state index contributed by atoms with van der Waals surface area (Å²) in [5.41, 5.74) is 1.16. The van der Waals surface area contributed by atoms with Crippen molar-refractivity contribution >= 4 is 21.8 Å². The van der Waals surface area contributed by atoms with Crippen LogP contribution in [0.2, 0.25) is 0 Å². The average Bonchev–Trinajstić information content (AvgIpc) is 2.32. The maximum atomic E-state index is 12.2. The first-order valence-corrected chi connectivity index (χ1v) is 7.33. The Balaban J connectivity index is 1.95. The van der Waals surface area contributed by atoms with Crippen molar-refractivity contribution in [2.75, 3.05) is 0 Å². The van der Waals surface area contributed by atoms with Gasteiger partial charge >= 0.3 is 0 Å². The van der Waals surface area contributed by atoms with Crippen molar-refractivity contribution in [3.63, 3.8) is 0 Å². The fourth-order valence-electron chi connectivity index (χ4n) is 2.45. The lowest BCUT2D eigenvalue weighted by Crippen LogP contribution is -2.39. The summed E-state index contributed by atoms with van der Waals surface area (Å²) < 4.78 is 0.860. The zero-order chi connectivity index (χ0) is 13.2. The van der Waals surface area contributed by atoms with Gasteiger partial charge in [-0.2, -0.15) is 0 Å². The summed E-state index contributed by atoms with van der Waals surface area (Å²) in [6, 6.07) is 7.90. The lowest BCUT2D eigenvalue weighted by atomic mass is 9.75. The third-order valence-electron chi connectivity index (χ3n) is 3.79. The quantitative estimate of drug-likeness (QED) is 0.873. The van der Waals surface area contributed by atoms with Crippen LogP contribution in [-0.2, 0) is 0 Å². The smallest absolute Gasteiger partial charge is 0.252 e. The van der Waals surface area contributed by atoms with Gasteiger partial charge in [0.05, 0.1) is 5.56 Å². The molecular weight excluding hydrogens is 290 g/mol. The van der Waals surface area contributed by atoms with Gasteiger partial charge in [0.1, 0.15) is 0 Å². The molecule has 3 heteroatoms. The van der Waals surface area contributed by atoms with Gasteiger partial charge in [-0.25, -0.2) is 0 Å². The van der Waals surface area contributed by atoms with Crippen molar-refractivity contribution in [2.45, 2.75) is 45.6 Å². The third-order valence-corrected chi connectivity index (χ3v) is 4.48. The van der Waals surface area contributed by atoms with E-state index < -0.39 is 0 Å². The Hall–Kier alpha value is -0.830. The van der Waals surface area contributed by atoms with Crippen LogP contribution in [0, 0.1) is 5.41 Å². The van der Waals surface area contributed by atoms with E-state index in [-0.39, 0.29) is 5.91 Å². The lowest BCUT2D eigenvalue weighted by molar-refractivity contribution is 0.0908. The summed E-state index contributed by atoms with van der Waals surface area (Å²) >= 11 is 3.42. The Morgan fingerprint density at radius 3 is 2.50 bits per heavy atom. The molecule has 0 unspecified atom stereocenters. The van der Waals surface area contributed by atoms with Crippen molar-refractivity contribution in [3.8, 4) is 0 Å². The number of rotatable bonds is 2. The zero-order valence-corrected chi connectivity index (χ0v) is 12.6. The highest BCUT2D eigenvalue weighted by Crippen LogP contribution is 2.35. The minimum Gasteiger partial charge on any atom is -0.349 e. The predicted octanol–water partition coefficient (Wildman–Crippen LogP) is 4.15. The number of hydrogen-bond donors (Lipinski definition) is 1. The molecule has 1 fully saturated rings. The predicted molar refractivity (Wildman–Crippen MR) is 77.6 cm³/mol. The van der Waals surface area contributed by atoms with Crippen LogP contribution in [0.5, 0.6) is 0 Å². The molecule has 0 saturated heterocycles. The van der Waals surface area contributed by atoms with Crippen molar-refractivity contribution < 1.29 is 4.79 Å². The van der Waals surface area contributed by atoms with Crippen LogP contribution in [0.3, 0.4) is 0 Å². The molecule has 1 aromatic rings. The third kappa shape index (κ3) is 3.35. The van der Waals surface area contributed by atoms with E-state index in [2.05, 4.69) is 35.1 Å². The number of amides is 1. The van der Waals surface area contributed by atoms with Crippen LogP contribution in [0.25, 0.3) is 0 Å². The van der Waals surface area contributed by atoms with E-state index >= 15 is 0 Å². The van der Waals surface area contributed by atoms with Gasteiger partial charge in [0, 0.05) is 10.5 Å². The summed E-state index contributed by atoms with van der Waals surface area (Å²) in [6.45, 7) is 4.61. The first-order chi connectivity index (χ1) is 8.48. The number of halogens is 1. The molecule has 0 heterocycles. The Bertz CT molecular complexity index is 432. The van der Waals surface area contributed by atoms with Gasteiger partial charge in [-0.15, -0.1) is 0 Å². The summed E-state index contributed by atoms with van der Waals surface area (Å²) in [7, 11) is 0. The second-order valence-electron chi connectivity index (χ2n) is 5.89. The normalized spacial score (nSPS) is 19.5. The van der Waals surface area contributed by atoms with Crippen LogP contribution in [0.15, 0.2) is 28.7 Å². The Kier molecular flexibility index (Phi) is 4.10. The van der Waals surface area contributed by atoms with E-state index in [9.17, 15) is 4.79 Å². The second-order valence-corrected chi connectivity index (χ2v) is 6.75. The Morgan fingerprint density at radius 1 is 1.28 bits per heavy atom. The summed E-state index contributed by atoms with van der Waals surface area (Å²) in [4.78, 5) is 12.2. The van der Waals surface area contributed by atoms with Crippen LogP contribution >= 0.6 is 15.9 Å². The van der Waals surface area contributed by atoms with Crippen molar-refractivity contribution in [1.82, 2.24) is 5.32 Å². The highest BCUT2D eigenvalue weighted by atomic mass is 79.9. The van der Waals surface area contributed by atoms with E-state index in [1.165, 1.54) is 12.8 Å². The first-order valence-electron chi connectivity index (χ1n) is 6.53. The Morgan fingerprint density at radius 2 is 1.89 bits per heavy atom. The van der Waals surface area contributed by atoms with E-state index in [4.69, 9.17) is 0 Å². The van der Waals surface area contributed by atoms with Crippen LogP contribution in [-0.4, -0.2) is 11.9 Å². The van der Waals surface area contributed by atoms with Gasteiger partial charge < -0.3 is 5.32 Å². The SMILES string of the molecule is CC1(C)CCC(NC(=O)c2ccccc2Br)CC1. The molecule has 98 valence electrons. The summed E-state index contributed by atoms with van der Waals surface area (Å²) in [5.74, 6) is 0.0344. The topological polar surface area (TPSA) is 29.1 Å². The highest BCUT2D eigenvalue weighted by molar-refractivity contribution is 9.10. The number of hydrogen-bond acceptors (Lipinski definition) is 1. The Labute approximate surface area is 117 Å². The van der Waals surface area contributed by atoms with E-state index in [0.717, 1.165) is 22.9 Å². The first kappa shape index (κ1) is 13.6. The van der Waals surface area contributed by atoms with Gasteiger partial charge in [0.15, 0.2) is 0 Å². The molecule has 0 atom stereocenters.